The number of benzene rings is 1. The lowest BCUT2D eigenvalue weighted by Gasteiger charge is -2.21. The van der Waals surface area contributed by atoms with Crippen LogP contribution in [0.5, 0.6) is 5.75 Å². The highest BCUT2D eigenvalue weighted by Crippen LogP contribution is 2.24. The van der Waals surface area contributed by atoms with Gasteiger partial charge in [0.05, 0.1) is 12.7 Å². The van der Waals surface area contributed by atoms with Crippen LogP contribution in [0.4, 0.5) is 0 Å². The topological polar surface area (TPSA) is 50.8 Å². The second-order valence-electron chi connectivity index (χ2n) is 4.95. The van der Waals surface area contributed by atoms with Gasteiger partial charge in [-0.3, -0.25) is 0 Å². The first-order valence-corrected chi connectivity index (χ1v) is 6.33. The molecule has 0 fully saturated rings. The summed E-state index contributed by atoms with van der Waals surface area (Å²) in [6.45, 7) is 2.37. The summed E-state index contributed by atoms with van der Waals surface area (Å²) < 4.78 is 10.7. The van der Waals surface area contributed by atoms with E-state index < -0.39 is 0 Å². The Morgan fingerprint density at radius 2 is 2.32 bits per heavy atom. The van der Waals surface area contributed by atoms with Crippen molar-refractivity contribution >= 4 is 5.97 Å². The molecule has 0 bridgehead atoms. The molecule has 0 radical (unpaired) electrons. The number of carbonyl (C=O) groups is 1. The molecule has 104 valence electrons. The van der Waals surface area contributed by atoms with Gasteiger partial charge in [-0.25, -0.2) is 4.79 Å². The number of hydrogen-bond donors (Lipinski definition) is 1. The van der Waals surface area contributed by atoms with Crippen molar-refractivity contribution in [3.63, 3.8) is 0 Å². The number of methoxy groups -OCH3 is 1. The Kier molecular flexibility index (Phi) is 4.39. The van der Waals surface area contributed by atoms with Crippen LogP contribution in [0.25, 0.3) is 0 Å². The van der Waals surface area contributed by atoms with E-state index in [9.17, 15) is 4.79 Å². The fourth-order valence-electron chi connectivity index (χ4n) is 2.15. The number of esters is 1. The first-order chi connectivity index (χ1) is 9.10. The molecule has 1 aromatic carbocycles. The maximum absolute atomic E-state index is 11.5. The lowest BCUT2D eigenvalue weighted by Crippen LogP contribution is -2.37. The zero-order valence-electron chi connectivity index (χ0n) is 11.6. The molecular formula is C14H20N2O3. The third kappa shape index (κ3) is 3.45. The van der Waals surface area contributed by atoms with Crippen LogP contribution < -0.4 is 10.1 Å². The Balaban J connectivity index is 2.21. The third-order valence-electron chi connectivity index (χ3n) is 3.04. The predicted molar refractivity (Wildman–Crippen MR) is 72.5 cm³/mol. The van der Waals surface area contributed by atoms with Gasteiger partial charge >= 0.3 is 5.97 Å². The fraction of sp³-hybridized carbons (Fsp3) is 0.500. The standard InChI is InChI=1S/C14H20N2O3/c1-16(2)9-12-8-15-7-11-5-4-10(14(17)18-3)6-13(11)19-12/h4-6,12,15H,7-9H2,1-3H3. The van der Waals surface area contributed by atoms with E-state index in [0.717, 1.165) is 30.9 Å². The molecule has 5 heteroatoms. The zero-order chi connectivity index (χ0) is 13.8. The van der Waals surface area contributed by atoms with E-state index in [1.807, 2.05) is 20.2 Å². The number of nitrogens with zero attached hydrogens (tertiary/aromatic N) is 1. The lowest BCUT2D eigenvalue weighted by atomic mass is 10.1. The summed E-state index contributed by atoms with van der Waals surface area (Å²) in [4.78, 5) is 13.6. The second-order valence-corrected chi connectivity index (χ2v) is 4.95. The summed E-state index contributed by atoms with van der Waals surface area (Å²) in [5, 5.41) is 3.35. The van der Waals surface area contributed by atoms with Gasteiger partial charge in [0.25, 0.3) is 0 Å². The minimum absolute atomic E-state index is 0.0733. The van der Waals surface area contributed by atoms with E-state index in [4.69, 9.17) is 9.47 Å². The van der Waals surface area contributed by atoms with Crippen molar-refractivity contribution in [3.8, 4) is 5.75 Å². The summed E-state index contributed by atoms with van der Waals surface area (Å²) in [6, 6.07) is 5.44. The predicted octanol–water partition coefficient (Wildman–Crippen LogP) is 0.885. The van der Waals surface area contributed by atoms with Gasteiger partial charge in [0, 0.05) is 25.2 Å². The Labute approximate surface area is 113 Å². The third-order valence-corrected chi connectivity index (χ3v) is 3.04. The van der Waals surface area contributed by atoms with Crippen LogP contribution in [0.15, 0.2) is 18.2 Å². The minimum Gasteiger partial charge on any atom is -0.487 e. The monoisotopic (exact) mass is 264 g/mol. The Morgan fingerprint density at radius 1 is 1.53 bits per heavy atom. The summed E-state index contributed by atoms with van der Waals surface area (Å²) in [7, 11) is 5.41. The molecule has 1 aliphatic rings. The number of likely N-dealkylation sites (N-methyl/N-ethyl adjacent to an activating group) is 1. The van der Waals surface area contributed by atoms with Gasteiger partial charge in [-0.15, -0.1) is 0 Å². The molecule has 0 amide bonds. The lowest BCUT2D eigenvalue weighted by molar-refractivity contribution is 0.0599. The molecule has 1 aromatic rings. The molecule has 1 heterocycles. The highest BCUT2D eigenvalue weighted by atomic mass is 16.5. The van der Waals surface area contributed by atoms with Crippen LogP contribution in [-0.2, 0) is 11.3 Å². The number of fused-ring (bicyclic) bond motifs is 1. The van der Waals surface area contributed by atoms with Gasteiger partial charge < -0.3 is 19.7 Å². The van der Waals surface area contributed by atoms with Crippen LogP contribution in [0.3, 0.4) is 0 Å². The van der Waals surface area contributed by atoms with Crippen molar-refractivity contribution in [3.05, 3.63) is 29.3 Å². The van der Waals surface area contributed by atoms with E-state index in [1.165, 1.54) is 7.11 Å². The van der Waals surface area contributed by atoms with Crippen LogP contribution in [0.1, 0.15) is 15.9 Å². The highest BCUT2D eigenvalue weighted by molar-refractivity contribution is 5.89. The van der Waals surface area contributed by atoms with Crippen molar-refractivity contribution in [2.75, 3.05) is 34.3 Å². The molecule has 2 rings (SSSR count). The maximum atomic E-state index is 11.5. The molecule has 0 aromatic heterocycles. The van der Waals surface area contributed by atoms with Crippen LogP contribution >= 0.6 is 0 Å². The van der Waals surface area contributed by atoms with E-state index in [2.05, 4.69) is 10.2 Å². The van der Waals surface area contributed by atoms with Gasteiger partial charge in [0.1, 0.15) is 11.9 Å². The van der Waals surface area contributed by atoms with E-state index in [-0.39, 0.29) is 12.1 Å². The molecule has 0 spiro atoms. The number of ether oxygens (including phenoxy) is 2. The molecule has 0 saturated carbocycles. The molecule has 0 saturated heterocycles. The van der Waals surface area contributed by atoms with Gasteiger partial charge in [0.15, 0.2) is 0 Å². The normalized spacial score (nSPS) is 18.4. The van der Waals surface area contributed by atoms with Crippen molar-refractivity contribution in [1.29, 1.82) is 0 Å². The molecule has 1 atom stereocenters. The average molecular weight is 264 g/mol. The smallest absolute Gasteiger partial charge is 0.337 e. The molecule has 0 aliphatic carbocycles. The molecule has 19 heavy (non-hydrogen) atoms. The van der Waals surface area contributed by atoms with Gasteiger partial charge in [0.2, 0.25) is 0 Å². The Hall–Kier alpha value is -1.59. The Bertz CT molecular complexity index is 460. The van der Waals surface area contributed by atoms with Crippen molar-refractivity contribution in [1.82, 2.24) is 10.2 Å². The summed E-state index contributed by atoms with van der Waals surface area (Å²) in [5.41, 5.74) is 1.58. The molecule has 1 N–H and O–H groups in total. The molecular weight excluding hydrogens is 244 g/mol. The van der Waals surface area contributed by atoms with E-state index in [1.54, 1.807) is 12.1 Å². The average Bonchev–Trinajstić information content (AvgIpc) is 2.57. The first-order valence-electron chi connectivity index (χ1n) is 6.33. The van der Waals surface area contributed by atoms with E-state index in [0.29, 0.717) is 5.56 Å². The number of nitrogens with one attached hydrogen (secondary N) is 1. The van der Waals surface area contributed by atoms with Crippen LogP contribution in [0.2, 0.25) is 0 Å². The largest absolute Gasteiger partial charge is 0.487 e. The van der Waals surface area contributed by atoms with Gasteiger partial charge in [-0.05, 0) is 26.2 Å². The van der Waals surface area contributed by atoms with Crippen LogP contribution in [-0.4, -0.2) is 51.3 Å². The first kappa shape index (κ1) is 13.8. The van der Waals surface area contributed by atoms with Gasteiger partial charge in [-0.2, -0.15) is 0 Å². The SMILES string of the molecule is COC(=O)c1ccc2c(c1)OC(CN(C)C)CNC2. The van der Waals surface area contributed by atoms with Crippen molar-refractivity contribution < 1.29 is 14.3 Å². The number of carbonyl (C=O) groups excluding carboxylic acids is 1. The highest BCUT2D eigenvalue weighted by Gasteiger charge is 2.19. The second kappa shape index (κ2) is 6.04. The van der Waals surface area contributed by atoms with E-state index >= 15 is 0 Å². The maximum Gasteiger partial charge on any atom is 0.337 e. The van der Waals surface area contributed by atoms with Crippen LogP contribution in [0, 0.1) is 0 Å². The molecule has 5 nitrogen and oxygen atoms in total. The zero-order valence-corrected chi connectivity index (χ0v) is 11.6. The number of rotatable bonds is 3. The summed E-state index contributed by atoms with van der Waals surface area (Å²) >= 11 is 0. The van der Waals surface area contributed by atoms with Crippen molar-refractivity contribution in [2.45, 2.75) is 12.6 Å². The van der Waals surface area contributed by atoms with Gasteiger partial charge in [-0.1, -0.05) is 6.07 Å². The summed E-state index contributed by atoms with van der Waals surface area (Å²) in [5.74, 6) is 0.424. The fourth-order valence-corrected chi connectivity index (χ4v) is 2.15. The quantitative estimate of drug-likeness (QED) is 0.822. The Morgan fingerprint density at radius 3 is 3.00 bits per heavy atom. The molecule has 1 aliphatic heterocycles. The minimum atomic E-state index is -0.340. The number of hydrogen-bond acceptors (Lipinski definition) is 5. The molecule has 1 unspecified atom stereocenters. The summed E-state index contributed by atoms with van der Waals surface area (Å²) in [6.07, 6.45) is 0.0733. The van der Waals surface area contributed by atoms with Crippen molar-refractivity contribution in [2.24, 2.45) is 0 Å².